The van der Waals surface area contributed by atoms with Crippen LogP contribution < -0.4 is 15.8 Å². The highest BCUT2D eigenvalue weighted by Crippen LogP contribution is 2.18. The quantitative estimate of drug-likeness (QED) is 0.824. The van der Waals surface area contributed by atoms with Crippen molar-refractivity contribution in [2.45, 2.75) is 6.92 Å². The fourth-order valence-electron chi connectivity index (χ4n) is 1.18. The summed E-state index contributed by atoms with van der Waals surface area (Å²) in [5, 5.41) is 2.52. The third-order valence-electron chi connectivity index (χ3n) is 2.07. The largest absolute Gasteiger partial charge is 0.358 e. The molecule has 0 aliphatic heterocycles. The number of halogens is 1. The summed E-state index contributed by atoms with van der Waals surface area (Å²) in [4.78, 5) is 30.8. The smallest absolute Gasteiger partial charge is 0.267 e. The summed E-state index contributed by atoms with van der Waals surface area (Å²) in [6, 6.07) is 0. The molecule has 1 aromatic rings. The molecule has 7 heteroatoms. The monoisotopic (exact) mass is 288 g/mol. The number of amides is 1. The Bertz CT molecular complexity index is 432. The standard InChI is InChI=1S/C9H13BrN4O2/c1-3-14(4-6(15)11-2)8-7(10)9(16)13-5-12-8/h5H,3-4H2,1-2H3,(H,11,15)(H,12,13,16). The van der Waals surface area contributed by atoms with Gasteiger partial charge in [0.05, 0.1) is 12.9 Å². The summed E-state index contributed by atoms with van der Waals surface area (Å²) >= 11 is 3.15. The molecule has 0 aromatic carbocycles. The first-order chi connectivity index (χ1) is 7.60. The molecular formula is C9H13BrN4O2. The van der Waals surface area contributed by atoms with E-state index in [0.29, 0.717) is 16.8 Å². The maximum absolute atomic E-state index is 11.3. The van der Waals surface area contributed by atoms with E-state index in [0.717, 1.165) is 0 Å². The van der Waals surface area contributed by atoms with Crippen molar-refractivity contribution in [3.05, 3.63) is 21.2 Å². The second-order valence-electron chi connectivity index (χ2n) is 3.06. The van der Waals surface area contributed by atoms with Gasteiger partial charge in [-0.2, -0.15) is 0 Å². The summed E-state index contributed by atoms with van der Waals surface area (Å²) in [6.45, 7) is 2.64. The predicted molar refractivity (Wildman–Crippen MR) is 64.5 cm³/mol. The second-order valence-corrected chi connectivity index (χ2v) is 3.85. The zero-order chi connectivity index (χ0) is 12.1. The summed E-state index contributed by atoms with van der Waals surface area (Å²) in [5.74, 6) is 0.339. The third kappa shape index (κ3) is 2.82. The van der Waals surface area contributed by atoms with Crippen molar-refractivity contribution in [2.24, 2.45) is 0 Å². The Morgan fingerprint density at radius 2 is 2.38 bits per heavy atom. The summed E-state index contributed by atoms with van der Waals surface area (Å²) in [5.41, 5.74) is -0.264. The van der Waals surface area contributed by atoms with Gasteiger partial charge in [-0.05, 0) is 22.9 Å². The van der Waals surface area contributed by atoms with Gasteiger partial charge < -0.3 is 15.2 Å². The van der Waals surface area contributed by atoms with E-state index in [1.54, 1.807) is 11.9 Å². The molecule has 0 fully saturated rings. The van der Waals surface area contributed by atoms with Gasteiger partial charge in [0, 0.05) is 13.6 Å². The maximum atomic E-state index is 11.3. The Balaban J connectivity index is 2.99. The van der Waals surface area contributed by atoms with E-state index in [9.17, 15) is 9.59 Å². The fraction of sp³-hybridized carbons (Fsp3) is 0.444. The maximum Gasteiger partial charge on any atom is 0.267 e. The van der Waals surface area contributed by atoms with Gasteiger partial charge in [0.15, 0.2) is 5.82 Å². The van der Waals surface area contributed by atoms with Gasteiger partial charge in [0.1, 0.15) is 4.47 Å². The molecule has 0 saturated heterocycles. The number of hydrogen-bond acceptors (Lipinski definition) is 4. The molecule has 88 valence electrons. The van der Waals surface area contributed by atoms with E-state index in [-0.39, 0.29) is 18.0 Å². The van der Waals surface area contributed by atoms with Crippen molar-refractivity contribution in [1.29, 1.82) is 0 Å². The lowest BCUT2D eigenvalue weighted by atomic mass is 10.4. The van der Waals surface area contributed by atoms with E-state index in [2.05, 4.69) is 31.2 Å². The van der Waals surface area contributed by atoms with Crippen LogP contribution in [0.1, 0.15) is 6.92 Å². The fourth-order valence-corrected chi connectivity index (χ4v) is 1.65. The predicted octanol–water partition coefficient (Wildman–Crippen LogP) is 0.105. The number of rotatable bonds is 4. The molecule has 16 heavy (non-hydrogen) atoms. The van der Waals surface area contributed by atoms with Gasteiger partial charge in [0.2, 0.25) is 5.91 Å². The second kappa shape index (κ2) is 5.64. The molecule has 0 saturated carbocycles. The lowest BCUT2D eigenvalue weighted by Crippen LogP contribution is -2.36. The van der Waals surface area contributed by atoms with Gasteiger partial charge >= 0.3 is 0 Å². The first kappa shape index (κ1) is 12.7. The van der Waals surface area contributed by atoms with Gasteiger partial charge in [-0.3, -0.25) is 9.59 Å². The zero-order valence-electron chi connectivity index (χ0n) is 9.08. The highest BCUT2D eigenvalue weighted by atomic mass is 79.9. The molecule has 2 N–H and O–H groups in total. The minimum Gasteiger partial charge on any atom is -0.358 e. The van der Waals surface area contributed by atoms with Crippen molar-refractivity contribution in [3.8, 4) is 0 Å². The molecule has 0 aliphatic rings. The van der Waals surface area contributed by atoms with Gasteiger partial charge in [-0.25, -0.2) is 4.98 Å². The first-order valence-corrected chi connectivity index (χ1v) is 5.58. The SMILES string of the molecule is CCN(CC(=O)NC)c1nc[nH]c(=O)c1Br. The molecule has 1 aromatic heterocycles. The molecule has 0 spiro atoms. The molecule has 6 nitrogen and oxygen atoms in total. The Morgan fingerprint density at radius 3 is 2.94 bits per heavy atom. The van der Waals surface area contributed by atoms with E-state index in [1.165, 1.54) is 6.33 Å². The topological polar surface area (TPSA) is 78.1 Å². The van der Waals surface area contributed by atoms with Crippen LogP contribution in [0.3, 0.4) is 0 Å². The van der Waals surface area contributed by atoms with Gasteiger partial charge in [-0.15, -0.1) is 0 Å². The van der Waals surface area contributed by atoms with Gasteiger partial charge in [-0.1, -0.05) is 0 Å². The van der Waals surface area contributed by atoms with E-state index in [1.807, 2.05) is 6.92 Å². The number of nitrogens with zero attached hydrogens (tertiary/aromatic N) is 2. The van der Waals surface area contributed by atoms with E-state index < -0.39 is 0 Å². The lowest BCUT2D eigenvalue weighted by molar-refractivity contribution is -0.119. The third-order valence-corrected chi connectivity index (χ3v) is 2.79. The molecule has 1 amide bonds. The van der Waals surface area contributed by atoms with Crippen molar-refractivity contribution in [1.82, 2.24) is 15.3 Å². The average Bonchev–Trinajstić information content (AvgIpc) is 2.29. The molecule has 0 bridgehead atoms. The molecular weight excluding hydrogens is 276 g/mol. The van der Waals surface area contributed by atoms with Crippen molar-refractivity contribution in [3.63, 3.8) is 0 Å². The van der Waals surface area contributed by atoms with Crippen LogP contribution in [0, 0.1) is 0 Å². The number of anilines is 1. The molecule has 0 radical (unpaired) electrons. The van der Waals surface area contributed by atoms with Crippen LogP contribution in [0.25, 0.3) is 0 Å². The first-order valence-electron chi connectivity index (χ1n) is 4.78. The number of H-pyrrole nitrogens is 1. The number of aromatic amines is 1. The molecule has 1 rings (SSSR count). The zero-order valence-corrected chi connectivity index (χ0v) is 10.7. The summed E-state index contributed by atoms with van der Waals surface area (Å²) < 4.78 is 0.334. The van der Waals surface area contributed by atoms with Crippen molar-refractivity contribution in [2.75, 3.05) is 25.0 Å². The number of likely N-dealkylation sites (N-methyl/N-ethyl adjacent to an activating group) is 2. The van der Waals surface area contributed by atoms with Crippen LogP contribution in [0.2, 0.25) is 0 Å². The van der Waals surface area contributed by atoms with E-state index in [4.69, 9.17) is 0 Å². The lowest BCUT2D eigenvalue weighted by Gasteiger charge is -2.21. The summed E-state index contributed by atoms with van der Waals surface area (Å²) in [6.07, 6.45) is 1.31. The van der Waals surface area contributed by atoms with Crippen LogP contribution in [-0.2, 0) is 4.79 Å². The molecule has 1 heterocycles. The van der Waals surface area contributed by atoms with Crippen molar-refractivity contribution >= 4 is 27.7 Å². The minimum atomic E-state index is -0.264. The number of carbonyl (C=O) groups excluding carboxylic acids is 1. The summed E-state index contributed by atoms with van der Waals surface area (Å²) in [7, 11) is 1.57. The van der Waals surface area contributed by atoms with Crippen LogP contribution >= 0.6 is 15.9 Å². The Kier molecular flexibility index (Phi) is 4.48. The van der Waals surface area contributed by atoms with Crippen molar-refractivity contribution < 1.29 is 4.79 Å². The Morgan fingerprint density at radius 1 is 1.69 bits per heavy atom. The molecule has 0 aliphatic carbocycles. The van der Waals surface area contributed by atoms with Gasteiger partial charge in [0.25, 0.3) is 5.56 Å². The average molecular weight is 289 g/mol. The number of hydrogen-bond donors (Lipinski definition) is 2. The van der Waals surface area contributed by atoms with E-state index >= 15 is 0 Å². The highest BCUT2D eigenvalue weighted by Gasteiger charge is 2.14. The Hall–Kier alpha value is -1.37. The number of aromatic nitrogens is 2. The highest BCUT2D eigenvalue weighted by molar-refractivity contribution is 9.10. The van der Waals surface area contributed by atoms with Crippen LogP contribution in [0.5, 0.6) is 0 Å². The van der Waals surface area contributed by atoms with Crippen LogP contribution in [0.15, 0.2) is 15.6 Å². The normalized spacial score (nSPS) is 9.94. The molecule has 0 unspecified atom stereocenters. The molecule has 0 atom stereocenters. The Labute approximate surface area is 101 Å². The number of carbonyl (C=O) groups is 1. The minimum absolute atomic E-state index is 0.129. The van der Waals surface area contributed by atoms with Crippen LogP contribution in [-0.4, -0.2) is 36.0 Å². The van der Waals surface area contributed by atoms with Crippen LogP contribution in [0.4, 0.5) is 5.82 Å². The number of nitrogens with one attached hydrogen (secondary N) is 2.